The molecule has 1 aliphatic carbocycles. The van der Waals surface area contributed by atoms with Crippen molar-refractivity contribution in [2.45, 2.75) is 51.5 Å². The number of hydrogen-bond acceptors (Lipinski definition) is 4. The minimum Gasteiger partial charge on any atom is -0.357 e. The van der Waals surface area contributed by atoms with E-state index in [9.17, 15) is 0 Å². The summed E-state index contributed by atoms with van der Waals surface area (Å²) in [5, 5.41) is 11.0. The summed E-state index contributed by atoms with van der Waals surface area (Å²) in [7, 11) is 2.06. The Morgan fingerprint density at radius 2 is 2.10 bits per heavy atom. The van der Waals surface area contributed by atoms with Crippen molar-refractivity contribution in [1.82, 2.24) is 14.8 Å². The van der Waals surface area contributed by atoms with Crippen LogP contribution in [0, 0.1) is 11.3 Å². The second kappa shape index (κ2) is 10.8. The van der Waals surface area contributed by atoms with Crippen LogP contribution in [0.25, 0.3) is 17.0 Å². The van der Waals surface area contributed by atoms with Gasteiger partial charge in [-0.05, 0) is 56.3 Å². The van der Waals surface area contributed by atoms with E-state index in [1.165, 1.54) is 24.1 Å². The Morgan fingerprint density at radius 3 is 2.81 bits per heavy atom. The van der Waals surface area contributed by atoms with Crippen LogP contribution in [0.1, 0.15) is 49.4 Å². The van der Waals surface area contributed by atoms with Gasteiger partial charge in [-0.15, -0.1) is 0 Å². The predicted molar refractivity (Wildman–Crippen MR) is 131 cm³/mol. The van der Waals surface area contributed by atoms with Gasteiger partial charge < -0.3 is 9.80 Å². The summed E-state index contributed by atoms with van der Waals surface area (Å²) < 4.78 is 0. The van der Waals surface area contributed by atoms with Gasteiger partial charge in [-0.2, -0.15) is 5.26 Å². The second-order valence-corrected chi connectivity index (χ2v) is 8.83. The van der Waals surface area contributed by atoms with Gasteiger partial charge in [0, 0.05) is 36.4 Å². The van der Waals surface area contributed by atoms with Gasteiger partial charge in [-0.25, -0.2) is 0 Å². The average Bonchev–Trinajstić information content (AvgIpc) is 2.79. The van der Waals surface area contributed by atoms with Crippen LogP contribution in [0.2, 0.25) is 5.02 Å². The molecule has 1 fully saturated rings. The molecule has 1 aromatic carbocycles. The number of nitrogens with zero attached hydrogens (tertiary/aromatic N) is 4. The number of fused-ring (bicyclic) bond motifs is 2. The van der Waals surface area contributed by atoms with Gasteiger partial charge in [-0.1, -0.05) is 56.3 Å². The standard InChI is InChI=1S/C15H14ClN.C11H19N3/c1-2-10-7-8-12-14(9-10)17-13-6-4-3-5-11(13)15(12)16;1-4-5-10(2)14-7-6-13(3)9-11(14)8-12/h2,7-9H,1,3-6H2;11H,2,4-7,9H2,1,3H3. The predicted octanol–water partition coefficient (Wildman–Crippen LogP) is 5.85. The van der Waals surface area contributed by atoms with E-state index in [-0.39, 0.29) is 6.04 Å². The zero-order valence-corrected chi connectivity index (χ0v) is 19.6. The molecule has 31 heavy (non-hydrogen) atoms. The van der Waals surface area contributed by atoms with E-state index in [0.29, 0.717) is 0 Å². The number of aromatic nitrogens is 1. The summed E-state index contributed by atoms with van der Waals surface area (Å²) in [5.74, 6) is 0. The molecule has 2 aliphatic rings. The van der Waals surface area contributed by atoms with Gasteiger partial charge >= 0.3 is 0 Å². The summed E-state index contributed by atoms with van der Waals surface area (Å²) >= 11 is 6.49. The van der Waals surface area contributed by atoms with E-state index in [4.69, 9.17) is 21.8 Å². The van der Waals surface area contributed by atoms with Gasteiger partial charge in [0.2, 0.25) is 0 Å². The fraction of sp³-hybridized carbons (Fsp3) is 0.462. The zero-order chi connectivity index (χ0) is 22.4. The number of nitriles is 1. The van der Waals surface area contributed by atoms with Gasteiger partial charge in [0.25, 0.3) is 0 Å². The lowest BCUT2D eigenvalue weighted by Crippen LogP contribution is -2.50. The molecule has 0 radical (unpaired) electrons. The monoisotopic (exact) mass is 436 g/mol. The Labute approximate surface area is 191 Å². The highest BCUT2D eigenvalue weighted by Gasteiger charge is 2.25. The number of likely N-dealkylation sites (N-methyl/N-ethyl adjacent to an activating group) is 1. The molecule has 4 nitrogen and oxygen atoms in total. The Morgan fingerprint density at radius 1 is 1.32 bits per heavy atom. The van der Waals surface area contributed by atoms with Crippen molar-refractivity contribution in [2.75, 3.05) is 26.7 Å². The summed E-state index contributed by atoms with van der Waals surface area (Å²) in [6.07, 6.45) is 8.52. The van der Waals surface area contributed by atoms with Gasteiger partial charge in [-0.3, -0.25) is 4.98 Å². The highest BCUT2D eigenvalue weighted by Crippen LogP contribution is 2.33. The van der Waals surface area contributed by atoms with E-state index in [2.05, 4.69) is 55.1 Å². The van der Waals surface area contributed by atoms with Gasteiger partial charge in [0.15, 0.2) is 0 Å². The first-order chi connectivity index (χ1) is 15.0. The van der Waals surface area contributed by atoms with E-state index < -0.39 is 0 Å². The SMILES string of the molecule is C=C(CCC)N1CCN(C)CC1C#N.C=Cc1ccc2c(Cl)c3c(nc2c1)CCCC3. The van der Waals surface area contributed by atoms with Crippen molar-refractivity contribution in [1.29, 1.82) is 5.26 Å². The maximum atomic E-state index is 9.04. The number of hydrogen-bond donors (Lipinski definition) is 0. The van der Waals surface area contributed by atoms with Crippen LogP contribution in [0.5, 0.6) is 0 Å². The fourth-order valence-electron chi connectivity index (χ4n) is 4.35. The summed E-state index contributed by atoms with van der Waals surface area (Å²) in [5.41, 5.74) is 5.66. The first-order valence-electron chi connectivity index (χ1n) is 11.2. The molecule has 2 aromatic rings. The molecule has 0 N–H and O–H groups in total. The van der Waals surface area contributed by atoms with Crippen LogP contribution in [0.4, 0.5) is 0 Å². The molecule has 0 bridgehead atoms. The van der Waals surface area contributed by atoms with E-state index >= 15 is 0 Å². The Hall–Kier alpha value is -2.35. The number of rotatable bonds is 4. The molecular weight excluding hydrogens is 404 g/mol. The van der Waals surface area contributed by atoms with Crippen LogP contribution >= 0.6 is 11.6 Å². The molecule has 1 unspecified atom stereocenters. The van der Waals surface area contributed by atoms with Crippen LogP contribution in [0.15, 0.2) is 37.1 Å². The molecule has 164 valence electrons. The molecule has 0 amide bonds. The Balaban J connectivity index is 0.000000180. The normalized spacial score (nSPS) is 18.5. The van der Waals surface area contributed by atoms with Crippen LogP contribution in [-0.4, -0.2) is 47.5 Å². The molecule has 0 saturated carbocycles. The van der Waals surface area contributed by atoms with Crippen molar-refractivity contribution < 1.29 is 0 Å². The topological polar surface area (TPSA) is 43.2 Å². The lowest BCUT2D eigenvalue weighted by molar-refractivity contribution is 0.147. The second-order valence-electron chi connectivity index (χ2n) is 8.46. The molecule has 1 aromatic heterocycles. The van der Waals surface area contributed by atoms with E-state index in [0.717, 1.165) is 72.5 Å². The molecule has 1 aliphatic heterocycles. The molecular formula is C26H33ClN4. The summed E-state index contributed by atoms with van der Waals surface area (Å²) in [4.78, 5) is 9.11. The maximum absolute atomic E-state index is 9.04. The lowest BCUT2D eigenvalue weighted by atomic mass is 9.94. The number of piperazine rings is 1. The van der Waals surface area contributed by atoms with Gasteiger partial charge in [0.05, 0.1) is 16.6 Å². The van der Waals surface area contributed by atoms with Crippen molar-refractivity contribution in [3.05, 3.63) is 58.9 Å². The van der Waals surface area contributed by atoms with Crippen molar-refractivity contribution in [3.63, 3.8) is 0 Å². The Bertz CT molecular complexity index is 991. The first kappa shape index (κ1) is 23.3. The Kier molecular flexibility index (Phi) is 8.12. The van der Waals surface area contributed by atoms with Crippen LogP contribution in [-0.2, 0) is 12.8 Å². The van der Waals surface area contributed by atoms with Crippen molar-refractivity contribution >= 4 is 28.6 Å². The minimum absolute atomic E-state index is 0.00667. The highest BCUT2D eigenvalue weighted by molar-refractivity contribution is 6.36. The third kappa shape index (κ3) is 5.47. The first-order valence-corrected chi connectivity index (χ1v) is 11.6. The van der Waals surface area contributed by atoms with Crippen molar-refractivity contribution in [3.8, 4) is 6.07 Å². The number of aryl methyl sites for hydroxylation is 1. The minimum atomic E-state index is -0.00667. The summed E-state index contributed by atoms with van der Waals surface area (Å²) in [6.45, 7) is 12.8. The van der Waals surface area contributed by atoms with Crippen molar-refractivity contribution in [2.24, 2.45) is 0 Å². The third-order valence-corrected chi connectivity index (χ3v) is 6.56. The number of pyridine rings is 1. The molecule has 4 rings (SSSR count). The molecule has 5 heteroatoms. The van der Waals surface area contributed by atoms with Gasteiger partial charge in [0.1, 0.15) is 6.04 Å². The lowest BCUT2D eigenvalue weighted by Gasteiger charge is -2.39. The molecule has 2 heterocycles. The molecule has 1 saturated heterocycles. The summed E-state index contributed by atoms with van der Waals surface area (Å²) in [6, 6.07) is 8.49. The smallest absolute Gasteiger partial charge is 0.129 e. The molecule has 0 spiro atoms. The van der Waals surface area contributed by atoms with Crippen LogP contribution < -0.4 is 0 Å². The van der Waals surface area contributed by atoms with E-state index in [1.807, 2.05) is 12.1 Å². The quantitative estimate of drug-likeness (QED) is 0.602. The third-order valence-electron chi connectivity index (χ3n) is 6.13. The fourth-order valence-corrected chi connectivity index (χ4v) is 4.71. The molecule has 1 atom stereocenters. The largest absolute Gasteiger partial charge is 0.357 e. The number of benzene rings is 1. The van der Waals surface area contributed by atoms with E-state index in [1.54, 1.807) is 0 Å². The highest BCUT2D eigenvalue weighted by atomic mass is 35.5. The zero-order valence-electron chi connectivity index (χ0n) is 18.8. The average molecular weight is 437 g/mol. The number of halogens is 1. The maximum Gasteiger partial charge on any atom is 0.129 e. The van der Waals surface area contributed by atoms with Crippen LogP contribution in [0.3, 0.4) is 0 Å². The number of allylic oxidation sites excluding steroid dienone is 1.